The Hall–Kier alpha value is -3.86. The van der Waals surface area contributed by atoms with Crippen LogP contribution in [0.25, 0.3) is 6.08 Å². The Bertz CT molecular complexity index is 1070. The number of amides is 2. The van der Waals surface area contributed by atoms with Crippen molar-refractivity contribution in [3.8, 4) is 0 Å². The zero-order valence-electron chi connectivity index (χ0n) is 24.6. The van der Waals surface area contributed by atoms with Crippen molar-refractivity contribution in [3.63, 3.8) is 0 Å². The second-order valence-electron chi connectivity index (χ2n) is 11.3. The first-order chi connectivity index (χ1) is 19.2. The fourth-order valence-electron chi connectivity index (χ4n) is 3.89. The summed E-state index contributed by atoms with van der Waals surface area (Å²) in [5.41, 5.74) is -0.466. The van der Waals surface area contributed by atoms with E-state index in [-0.39, 0.29) is 26.3 Å². The Morgan fingerprint density at radius 1 is 0.805 bits per heavy atom. The number of hydrogen-bond donors (Lipinski definition) is 2. The number of hydrogen-bond acceptors (Lipinski definition) is 9. The van der Waals surface area contributed by atoms with E-state index in [1.54, 1.807) is 53.7 Å². The van der Waals surface area contributed by atoms with Crippen LogP contribution in [0.5, 0.6) is 0 Å². The Balaban J connectivity index is 2.09. The van der Waals surface area contributed by atoms with E-state index in [2.05, 4.69) is 17.2 Å². The molecule has 1 aromatic carbocycles. The molecule has 11 heteroatoms. The van der Waals surface area contributed by atoms with Gasteiger partial charge < -0.3 is 34.3 Å². The largest absolute Gasteiger partial charge is 0.463 e. The number of ether oxygens (including phenoxy) is 5. The third-order valence-electron chi connectivity index (χ3n) is 5.49. The summed E-state index contributed by atoms with van der Waals surface area (Å²) in [5.74, 6) is -3.50. The second-order valence-corrected chi connectivity index (χ2v) is 11.3. The van der Waals surface area contributed by atoms with E-state index in [9.17, 15) is 19.2 Å². The summed E-state index contributed by atoms with van der Waals surface area (Å²) in [7, 11) is 0. The summed E-state index contributed by atoms with van der Waals surface area (Å²) >= 11 is 0. The first-order valence-corrected chi connectivity index (χ1v) is 13.5. The van der Waals surface area contributed by atoms with Crippen molar-refractivity contribution in [2.24, 2.45) is 11.8 Å². The van der Waals surface area contributed by atoms with Gasteiger partial charge in [-0.1, -0.05) is 48.6 Å². The van der Waals surface area contributed by atoms with Gasteiger partial charge in [-0.25, -0.2) is 9.59 Å². The predicted octanol–water partition coefficient (Wildman–Crippen LogP) is 4.02. The number of carbonyl (C=O) groups is 4. The number of nitrogens with one attached hydrogen (secondary N) is 2. The minimum atomic E-state index is -1.05. The van der Waals surface area contributed by atoms with Crippen LogP contribution >= 0.6 is 0 Å². The lowest BCUT2D eigenvalue weighted by Crippen LogP contribution is -2.39. The van der Waals surface area contributed by atoms with Crippen LogP contribution in [0, 0.1) is 11.8 Å². The van der Waals surface area contributed by atoms with Crippen molar-refractivity contribution >= 4 is 30.2 Å². The lowest BCUT2D eigenvalue weighted by atomic mass is 9.86. The van der Waals surface area contributed by atoms with E-state index in [1.165, 1.54) is 6.08 Å². The lowest BCUT2D eigenvalue weighted by Gasteiger charge is -2.21. The van der Waals surface area contributed by atoms with Crippen LogP contribution < -0.4 is 10.6 Å². The highest BCUT2D eigenvalue weighted by Gasteiger charge is 2.51. The van der Waals surface area contributed by atoms with E-state index >= 15 is 0 Å². The van der Waals surface area contributed by atoms with Crippen LogP contribution in [0.1, 0.15) is 47.1 Å². The van der Waals surface area contributed by atoms with E-state index in [4.69, 9.17) is 23.7 Å². The summed E-state index contributed by atoms with van der Waals surface area (Å²) in [6.45, 7) is 13.9. The average molecular weight is 575 g/mol. The van der Waals surface area contributed by atoms with Gasteiger partial charge in [-0.3, -0.25) is 9.59 Å². The molecule has 2 N–H and O–H groups in total. The molecule has 0 radical (unpaired) electrons. The minimum Gasteiger partial charge on any atom is -0.463 e. The third-order valence-corrected chi connectivity index (χ3v) is 5.49. The van der Waals surface area contributed by atoms with Gasteiger partial charge in [0.05, 0.1) is 25.3 Å². The topological polar surface area (TPSA) is 138 Å². The molecule has 2 amide bonds. The number of rotatable bonds is 11. The van der Waals surface area contributed by atoms with Gasteiger partial charge in [0.1, 0.15) is 36.3 Å². The maximum Gasteiger partial charge on any atom is 0.407 e. The summed E-state index contributed by atoms with van der Waals surface area (Å²) < 4.78 is 27.2. The Morgan fingerprint density at radius 2 is 1.27 bits per heavy atom. The summed E-state index contributed by atoms with van der Waals surface area (Å²) in [5, 5.41) is 5.03. The third kappa shape index (κ3) is 12.0. The van der Waals surface area contributed by atoms with E-state index in [0.717, 1.165) is 5.56 Å². The molecule has 11 nitrogen and oxygen atoms in total. The van der Waals surface area contributed by atoms with E-state index in [1.807, 2.05) is 30.3 Å². The van der Waals surface area contributed by atoms with Gasteiger partial charge in [-0.15, -0.1) is 6.58 Å². The van der Waals surface area contributed by atoms with Crippen LogP contribution in [0.15, 0.2) is 49.1 Å². The van der Waals surface area contributed by atoms with Gasteiger partial charge >= 0.3 is 24.1 Å². The van der Waals surface area contributed by atoms with Crippen LogP contribution in [-0.2, 0) is 33.3 Å². The van der Waals surface area contributed by atoms with E-state index in [0.29, 0.717) is 0 Å². The highest BCUT2D eigenvalue weighted by molar-refractivity contribution is 5.84. The molecule has 0 bridgehead atoms. The van der Waals surface area contributed by atoms with Crippen molar-refractivity contribution in [3.05, 3.63) is 54.6 Å². The molecule has 1 aromatic rings. The van der Waals surface area contributed by atoms with Crippen LogP contribution in [0.3, 0.4) is 0 Å². The van der Waals surface area contributed by atoms with Crippen molar-refractivity contribution in [2.75, 3.05) is 26.3 Å². The van der Waals surface area contributed by atoms with Gasteiger partial charge in [0.25, 0.3) is 0 Å². The molecular weight excluding hydrogens is 532 g/mol. The van der Waals surface area contributed by atoms with Crippen molar-refractivity contribution in [1.29, 1.82) is 0 Å². The average Bonchev–Trinajstić information content (AvgIpc) is 3.25. The first kappa shape index (κ1) is 33.3. The maximum atomic E-state index is 13.3. The van der Waals surface area contributed by atoms with Crippen molar-refractivity contribution < 1.29 is 42.9 Å². The molecule has 0 aliphatic carbocycles. The number of benzene rings is 1. The van der Waals surface area contributed by atoms with Crippen LogP contribution in [0.2, 0.25) is 0 Å². The lowest BCUT2D eigenvalue weighted by molar-refractivity contribution is -0.159. The molecule has 1 aliphatic heterocycles. The Kier molecular flexibility index (Phi) is 12.4. The monoisotopic (exact) mass is 574 g/mol. The van der Waals surface area contributed by atoms with Gasteiger partial charge in [0.2, 0.25) is 0 Å². The Morgan fingerprint density at radius 3 is 1.71 bits per heavy atom. The SMILES string of the molecule is C=CC1OC(/C=C/c2ccccc2)C(C(=O)OCCNC(=O)OC(C)(C)C)C1C(=O)OCCNC(=O)OC(C)(C)C. The highest BCUT2D eigenvalue weighted by atomic mass is 16.6. The van der Waals surface area contributed by atoms with Crippen molar-refractivity contribution in [1.82, 2.24) is 10.6 Å². The smallest absolute Gasteiger partial charge is 0.407 e. The highest BCUT2D eigenvalue weighted by Crippen LogP contribution is 2.36. The first-order valence-electron chi connectivity index (χ1n) is 13.5. The quantitative estimate of drug-likeness (QED) is 0.174. The molecular formula is C30H42N2O9. The fraction of sp³-hybridized carbons (Fsp3) is 0.533. The normalized spacial score (nSPS) is 20.6. The van der Waals surface area contributed by atoms with Crippen LogP contribution in [0.4, 0.5) is 9.59 Å². The standard InChI is InChI=1S/C30H42N2O9/c1-8-21-23(25(33)37-18-16-31-27(35)40-29(2,3)4)24(22(39-21)15-14-20-12-10-9-11-13-20)26(34)38-19-17-32-28(36)41-30(5,6)7/h8-15,21-24H,1,16-19H2,2-7H3,(H,31,35)(H,32,36)/b15-14+. The molecule has 41 heavy (non-hydrogen) atoms. The molecule has 1 heterocycles. The number of carbonyl (C=O) groups excluding carboxylic acids is 4. The van der Waals surface area contributed by atoms with Gasteiger partial charge in [0.15, 0.2) is 0 Å². The fourth-order valence-corrected chi connectivity index (χ4v) is 3.89. The summed E-state index contributed by atoms with van der Waals surface area (Å²) in [6, 6.07) is 9.39. The number of alkyl carbamates (subject to hydrolysis) is 2. The molecule has 0 aromatic heterocycles. The van der Waals surface area contributed by atoms with Gasteiger partial charge in [-0.2, -0.15) is 0 Å². The number of esters is 2. The Labute approximate surface area is 241 Å². The molecule has 0 saturated carbocycles. The van der Waals surface area contributed by atoms with Gasteiger partial charge in [0, 0.05) is 0 Å². The molecule has 0 spiro atoms. The van der Waals surface area contributed by atoms with E-state index < -0.39 is 59.4 Å². The molecule has 1 fully saturated rings. The van der Waals surface area contributed by atoms with Crippen molar-refractivity contribution in [2.45, 2.75) is 65.0 Å². The molecule has 1 aliphatic rings. The minimum absolute atomic E-state index is 0.00901. The predicted molar refractivity (Wildman–Crippen MR) is 152 cm³/mol. The summed E-state index contributed by atoms with van der Waals surface area (Å²) in [4.78, 5) is 50.2. The maximum absolute atomic E-state index is 13.3. The zero-order valence-corrected chi connectivity index (χ0v) is 24.6. The summed E-state index contributed by atoms with van der Waals surface area (Å²) in [6.07, 6.45) is 1.97. The second kappa shape index (κ2) is 15.2. The van der Waals surface area contributed by atoms with Crippen LogP contribution in [-0.4, -0.2) is 73.8 Å². The molecule has 226 valence electrons. The molecule has 4 unspecified atom stereocenters. The molecule has 1 saturated heterocycles. The van der Waals surface area contributed by atoms with Gasteiger partial charge in [-0.05, 0) is 47.1 Å². The zero-order chi connectivity index (χ0) is 30.6. The molecule has 4 atom stereocenters. The molecule has 2 rings (SSSR count).